The first kappa shape index (κ1) is 12.7. The summed E-state index contributed by atoms with van der Waals surface area (Å²) in [4.78, 5) is 19.5. The number of hydrogen-bond acceptors (Lipinski definition) is 4. The van der Waals surface area contributed by atoms with Crippen molar-refractivity contribution in [1.29, 1.82) is 0 Å². The normalized spacial score (nSPS) is 10.2. The summed E-state index contributed by atoms with van der Waals surface area (Å²) in [6.45, 7) is 3.48. The number of benzene rings is 1. The Bertz CT molecular complexity index is 578. The molecule has 0 saturated carbocycles. The highest BCUT2D eigenvalue weighted by Gasteiger charge is 2.04. The minimum atomic E-state index is -0.0779. The van der Waals surface area contributed by atoms with Crippen molar-refractivity contribution in [3.05, 3.63) is 46.2 Å². The molecule has 0 saturated heterocycles. The zero-order valence-corrected chi connectivity index (χ0v) is 11.7. The maximum atomic E-state index is 11.2. The molecule has 0 atom stereocenters. The molecule has 1 aromatic heterocycles. The topological polar surface area (TPSA) is 54.9 Å². The summed E-state index contributed by atoms with van der Waals surface area (Å²) in [6, 6.07) is 7.52. The number of hydrogen-bond donors (Lipinski definition) is 1. The second kappa shape index (κ2) is 5.27. The van der Waals surface area contributed by atoms with Crippen LogP contribution < -0.4 is 5.32 Å². The Morgan fingerprint density at radius 2 is 2.11 bits per heavy atom. The van der Waals surface area contributed by atoms with Gasteiger partial charge >= 0.3 is 0 Å². The number of nitrogens with zero attached hydrogens (tertiary/aromatic N) is 2. The van der Waals surface area contributed by atoms with Crippen LogP contribution in [0.25, 0.3) is 0 Å². The molecule has 0 amide bonds. The van der Waals surface area contributed by atoms with Gasteiger partial charge < -0.3 is 5.32 Å². The number of carbonyl (C=O) groups is 1. The molecule has 92 valence electrons. The summed E-state index contributed by atoms with van der Waals surface area (Å²) in [5.74, 6) is 0.339. The van der Waals surface area contributed by atoms with Crippen molar-refractivity contribution in [2.24, 2.45) is 0 Å². The molecular formula is C13H12BrN3O. The maximum Gasteiger partial charge on any atom is 0.227 e. The van der Waals surface area contributed by atoms with Gasteiger partial charge in [-0.2, -0.15) is 0 Å². The van der Waals surface area contributed by atoms with Crippen molar-refractivity contribution in [3.63, 3.8) is 0 Å². The first-order valence-electron chi connectivity index (χ1n) is 5.43. The summed E-state index contributed by atoms with van der Waals surface area (Å²) in [5, 5.41) is 3.08. The van der Waals surface area contributed by atoms with Gasteiger partial charge in [-0.15, -0.1) is 0 Å². The van der Waals surface area contributed by atoms with Crippen LogP contribution in [0.15, 0.2) is 34.9 Å². The van der Waals surface area contributed by atoms with Crippen LogP contribution in [0.3, 0.4) is 0 Å². The largest absolute Gasteiger partial charge is 0.324 e. The van der Waals surface area contributed by atoms with E-state index in [1.807, 2.05) is 25.1 Å². The molecule has 2 aromatic rings. The Kier molecular flexibility index (Phi) is 3.72. The fourth-order valence-corrected chi connectivity index (χ4v) is 2.16. The molecule has 0 bridgehead atoms. The number of rotatable bonds is 3. The zero-order valence-electron chi connectivity index (χ0n) is 10.1. The van der Waals surface area contributed by atoms with Gasteiger partial charge in [0.2, 0.25) is 5.95 Å². The fraction of sp³-hybridized carbons (Fsp3) is 0.154. The quantitative estimate of drug-likeness (QED) is 0.882. The third-order valence-electron chi connectivity index (χ3n) is 2.31. The summed E-state index contributed by atoms with van der Waals surface area (Å²) in [6.07, 6.45) is 1.57. The van der Waals surface area contributed by atoms with E-state index in [9.17, 15) is 4.79 Å². The Labute approximate surface area is 114 Å². The van der Waals surface area contributed by atoms with Gasteiger partial charge in [-0.3, -0.25) is 4.79 Å². The van der Waals surface area contributed by atoms with E-state index in [0.29, 0.717) is 11.6 Å². The molecule has 0 aliphatic rings. The SMILES string of the molecule is CC(=O)c1ccnc(Nc2cc(C)cc(Br)c2)n1. The van der Waals surface area contributed by atoms with Gasteiger partial charge in [0, 0.05) is 23.3 Å². The lowest BCUT2D eigenvalue weighted by Gasteiger charge is -2.07. The van der Waals surface area contributed by atoms with Gasteiger partial charge in [-0.05, 0) is 36.8 Å². The number of carbonyl (C=O) groups excluding carboxylic acids is 1. The first-order chi connectivity index (χ1) is 8.54. The Morgan fingerprint density at radius 1 is 1.33 bits per heavy atom. The Morgan fingerprint density at radius 3 is 2.78 bits per heavy atom. The van der Waals surface area contributed by atoms with Crippen LogP contribution in [-0.2, 0) is 0 Å². The monoisotopic (exact) mass is 305 g/mol. The predicted octanol–water partition coefficient (Wildman–Crippen LogP) is 3.49. The molecule has 1 N–H and O–H groups in total. The van der Waals surface area contributed by atoms with Gasteiger partial charge in [0.15, 0.2) is 5.78 Å². The Hall–Kier alpha value is -1.75. The van der Waals surface area contributed by atoms with Gasteiger partial charge in [0.1, 0.15) is 5.69 Å². The molecule has 5 heteroatoms. The molecule has 0 fully saturated rings. The minimum Gasteiger partial charge on any atom is -0.324 e. The summed E-state index contributed by atoms with van der Waals surface area (Å²) < 4.78 is 0.979. The molecule has 4 nitrogen and oxygen atoms in total. The lowest BCUT2D eigenvalue weighted by atomic mass is 10.2. The number of aryl methyl sites for hydroxylation is 1. The van der Waals surface area contributed by atoms with E-state index < -0.39 is 0 Å². The van der Waals surface area contributed by atoms with Crippen LogP contribution in [0.2, 0.25) is 0 Å². The molecule has 0 aliphatic carbocycles. The third-order valence-corrected chi connectivity index (χ3v) is 2.77. The third kappa shape index (κ3) is 3.13. The second-order valence-corrected chi connectivity index (χ2v) is 4.88. The number of anilines is 2. The average Bonchev–Trinajstić information content (AvgIpc) is 2.27. The van der Waals surface area contributed by atoms with Crippen molar-refractivity contribution in [2.45, 2.75) is 13.8 Å². The highest BCUT2D eigenvalue weighted by molar-refractivity contribution is 9.10. The van der Waals surface area contributed by atoms with E-state index in [2.05, 4.69) is 31.2 Å². The van der Waals surface area contributed by atoms with Crippen molar-refractivity contribution in [3.8, 4) is 0 Å². The summed E-state index contributed by atoms with van der Waals surface area (Å²) in [5.41, 5.74) is 2.40. The van der Waals surface area contributed by atoms with Crippen LogP contribution in [0.1, 0.15) is 23.0 Å². The van der Waals surface area contributed by atoms with Crippen molar-refractivity contribution in [2.75, 3.05) is 5.32 Å². The molecule has 1 aromatic carbocycles. The van der Waals surface area contributed by atoms with Crippen molar-refractivity contribution >= 4 is 33.3 Å². The fourth-order valence-electron chi connectivity index (χ4n) is 1.55. The van der Waals surface area contributed by atoms with Crippen LogP contribution in [0, 0.1) is 6.92 Å². The van der Waals surface area contributed by atoms with Crippen LogP contribution in [0.4, 0.5) is 11.6 Å². The molecule has 0 spiro atoms. The average molecular weight is 306 g/mol. The number of halogens is 1. The van der Waals surface area contributed by atoms with E-state index in [4.69, 9.17) is 0 Å². The van der Waals surface area contributed by atoms with E-state index in [0.717, 1.165) is 15.7 Å². The molecule has 2 rings (SSSR count). The highest BCUT2D eigenvalue weighted by atomic mass is 79.9. The van der Waals surface area contributed by atoms with Gasteiger partial charge in [-0.25, -0.2) is 9.97 Å². The molecule has 0 unspecified atom stereocenters. The number of ketones is 1. The first-order valence-corrected chi connectivity index (χ1v) is 6.22. The zero-order chi connectivity index (χ0) is 13.1. The lowest BCUT2D eigenvalue weighted by molar-refractivity contribution is 0.101. The molecule has 1 heterocycles. The predicted molar refractivity (Wildman–Crippen MR) is 74.2 cm³/mol. The number of Topliss-reactive ketones (excluding diaryl/α,β-unsaturated/α-hetero) is 1. The summed E-state index contributed by atoms with van der Waals surface area (Å²) in [7, 11) is 0. The van der Waals surface area contributed by atoms with Gasteiger partial charge in [0.25, 0.3) is 0 Å². The van der Waals surface area contributed by atoms with E-state index >= 15 is 0 Å². The minimum absolute atomic E-state index is 0.0779. The Balaban J connectivity index is 2.28. The van der Waals surface area contributed by atoms with E-state index in [1.54, 1.807) is 12.3 Å². The van der Waals surface area contributed by atoms with E-state index in [1.165, 1.54) is 6.92 Å². The van der Waals surface area contributed by atoms with Gasteiger partial charge in [0.05, 0.1) is 0 Å². The lowest BCUT2D eigenvalue weighted by Crippen LogP contribution is -2.02. The molecule has 0 aliphatic heterocycles. The number of nitrogens with one attached hydrogen (secondary N) is 1. The maximum absolute atomic E-state index is 11.2. The molecular weight excluding hydrogens is 294 g/mol. The molecule has 0 radical (unpaired) electrons. The van der Waals surface area contributed by atoms with E-state index in [-0.39, 0.29) is 5.78 Å². The van der Waals surface area contributed by atoms with Crippen molar-refractivity contribution < 1.29 is 4.79 Å². The van der Waals surface area contributed by atoms with Crippen molar-refractivity contribution in [1.82, 2.24) is 9.97 Å². The van der Waals surface area contributed by atoms with Crippen LogP contribution >= 0.6 is 15.9 Å². The highest BCUT2D eigenvalue weighted by Crippen LogP contribution is 2.21. The second-order valence-electron chi connectivity index (χ2n) is 3.96. The smallest absolute Gasteiger partial charge is 0.227 e. The standard InChI is InChI=1S/C13H12BrN3O/c1-8-5-10(14)7-11(6-8)16-13-15-4-3-12(17-13)9(2)18/h3-7H,1-2H3,(H,15,16,17). The van der Waals surface area contributed by atoms with Crippen LogP contribution in [0.5, 0.6) is 0 Å². The van der Waals surface area contributed by atoms with Crippen LogP contribution in [-0.4, -0.2) is 15.8 Å². The summed E-state index contributed by atoms with van der Waals surface area (Å²) >= 11 is 3.43. The molecule has 18 heavy (non-hydrogen) atoms. The van der Waals surface area contributed by atoms with Gasteiger partial charge in [-0.1, -0.05) is 15.9 Å². The number of aromatic nitrogens is 2.